The highest BCUT2D eigenvalue weighted by molar-refractivity contribution is 5.90. The lowest BCUT2D eigenvalue weighted by molar-refractivity contribution is -0.131. The predicted octanol–water partition coefficient (Wildman–Crippen LogP) is 2.55. The van der Waals surface area contributed by atoms with Crippen LogP contribution in [0.1, 0.15) is 25.8 Å². The molecule has 1 aromatic carbocycles. The predicted molar refractivity (Wildman–Crippen MR) is 67.9 cm³/mol. The average Bonchev–Trinajstić information content (AvgIpc) is 2.26. The Morgan fingerprint density at radius 2 is 2.24 bits per heavy atom. The molecular weight excluding hydrogens is 218 g/mol. The highest BCUT2D eigenvalue weighted by atomic mass is 16.5. The summed E-state index contributed by atoms with van der Waals surface area (Å²) in [7, 11) is 0. The quantitative estimate of drug-likeness (QED) is 0.607. The first kappa shape index (κ1) is 13.1. The number of hydrogen-bond donors (Lipinski definition) is 2. The van der Waals surface area contributed by atoms with Crippen LogP contribution >= 0.6 is 0 Å². The van der Waals surface area contributed by atoms with Gasteiger partial charge in [-0.1, -0.05) is 6.92 Å². The van der Waals surface area contributed by atoms with Crippen molar-refractivity contribution < 1.29 is 14.6 Å². The Hall–Kier alpha value is -1.97. The lowest BCUT2D eigenvalue weighted by Crippen LogP contribution is -2.00. The molecular formula is C13H17NO3. The van der Waals surface area contributed by atoms with Crippen molar-refractivity contribution in [3.05, 3.63) is 29.8 Å². The Balaban J connectivity index is 3.10. The van der Waals surface area contributed by atoms with E-state index in [-0.39, 0.29) is 0 Å². The number of anilines is 1. The van der Waals surface area contributed by atoms with E-state index in [1.165, 1.54) is 0 Å². The molecule has 0 aliphatic rings. The third-order valence-electron chi connectivity index (χ3n) is 2.23. The van der Waals surface area contributed by atoms with Crippen molar-refractivity contribution in [2.75, 3.05) is 12.3 Å². The number of nitrogen functional groups attached to an aromatic ring is 1. The van der Waals surface area contributed by atoms with E-state index >= 15 is 0 Å². The topological polar surface area (TPSA) is 72.5 Å². The minimum Gasteiger partial charge on any atom is -0.493 e. The molecule has 0 amide bonds. The Morgan fingerprint density at radius 1 is 1.53 bits per heavy atom. The zero-order valence-electron chi connectivity index (χ0n) is 10.1. The van der Waals surface area contributed by atoms with Crippen molar-refractivity contribution in [2.45, 2.75) is 20.3 Å². The van der Waals surface area contributed by atoms with E-state index < -0.39 is 5.97 Å². The van der Waals surface area contributed by atoms with Crippen molar-refractivity contribution in [1.82, 2.24) is 0 Å². The molecule has 0 heterocycles. The summed E-state index contributed by atoms with van der Waals surface area (Å²) in [5, 5.41) is 8.73. The van der Waals surface area contributed by atoms with Gasteiger partial charge in [-0.05, 0) is 37.1 Å². The molecule has 3 N–H and O–H groups in total. The Bertz CT molecular complexity index is 438. The van der Waals surface area contributed by atoms with Crippen molar-refractivity contribution in [2.24, 2.45) is 0 Å². The third-order valence-corrected chi connectivity index (χ3v) is 2.23. The third kappa shape index (κ3) is 3.83. The number of ether oxygens (including phenoxy) is 1. The van der Waals surface area contributed by atoms with Gasteiger partial charge in [-0.15, -0.1) is 0 Å². The molecule has 0 atom stereocenters. The van der Waals surface area contributed by atoms with Gasteiger partial charge in [-0.3, -0.25) is 0 Å². The molecule has 0 saturated heterocycles. The number of nitrogens with two attached hydrogens (primary N) is 1. The van der Waals surface area contributed by atoms with E-state index in [1.54, 1.807) is 25.1 Å². The fourth-order valence-corrected chi connectivity index (χ4v) is 1.46. The SMILES string of the molecule is CCCOc1ccc(N)cc1C(C)=CC(=O)O. The maximum atomic E-state index is 10.6. The van der Waals surface area contributed by atoms with Gasteiger partial charge >= 0.3 is 5.97 Å². The van der Waals surface area contributed by atoms with Gasteiger partial charge in [0.05, 0.1) is 6.61 Å². The number of carbonyl (C=O) groups is 1. The summed E-state index contributed by atoms with van der Waals surface area (Å²) >= 11 is 0. The summed E-state index contributed by atoms with van der Waals surface area (Å²) in [5.74, 6) is -0.317. The van der Waals surface area contributed by atoms with E-state index in [9.17, 15) is 4.79 Å². The second-order valence-corrected chi connectivity index (χ2v) is 3.77. The number of aliphatic carboxylic acids is 1. The number of hydrogen-bond acceptors (Lipinski definition) is 3. The van der Waals surface area contributed by atoms with Gasteiger partial charge in [0.2, 0.25) is 0 Å². The number of allylic oxidation sites excluding steroid dienone is 1. The van der Waals surface area contributed by atoms with Gasteiger partial charge in [0.1, 0.15) is 5.75 Å². The molecule has 0 aromatic heterocycles. The molecule has 0 fully saturated rings. The van der Waals surface area contributed by atoms with Crippen LogP contribution in [0.5, 0.6) is 5.75 Å². The zero-order valence-corrected chi connectivity index (χ0v) is 10.1. The smallest absolute Gasteiger partial charge is 0.328 e. The van der Waals surface area contributed by atoms with Gasteiger partial charge in [0, 0.05) is 17.3 Å². The van der Waals surface area contributed by atoms with Crippen molar-refractivity contribution in [3.63, 3.8) is 0 Å². The number of carboxylic acid groups (broad SMARTS) is 1. The first-order chi connectivity index (χ1) is 8.04. The van der Waals surface area contributed by atoms with Gasteiger partial charge in [-0.25, -0.2) is 4.79 Å². The molecule has 0 unspecified atom stereocenters. The molecule has 0 aliphatic carbocycles. The van der Waals surface area contributed by atoms with Gasteiger partial charge in [-0.2, -0.15) is 0 Å². The highest BCUT2D eigenvalue weighted by Crippen LogP contribution is 2.28. The van der Waals surface area contributed by atoms with E-state index in [0.29, 0.717) is 23.6 Å². The largest absolute Gasteiger partial charge is 0.493 e. The van der Waals surface area contributed by atoms with Crippen LogP contribution in [0.3, 0.4) is 0 Å². The lowest BCUT2D eigenvalue weighted by atomic mass is 10.1. The van der Waals surface area contributed by atoms with Gasteiger partial charge in [0.25, 0.3) is 0 Å². The van der Waals surface area contributed by atoms with Crippen molar-refractivity contribution in [3.8, 4) is 5.75 Å². The van der Waals surface area contributed by atoms with Gasteiger partial charge in [0.15, 0.2) is 0 Å². The fourth-order valence-electron chi connectivity index (χ4n) is 1.46. The van der Waals surface area contributed by atoms with E-state index in [1.807, 2.05) is 6.92 Å². The summed E-state index contributed by atoms with van der Waals surface area (Å²) in [5.41, 5.74) is 7.62. The summed E-state index contributed by atoms with van der Waals surface area (Å²) in [6.45, 7) is 4.33. The molecule has 1 aromatic rings. The van der Waals surface area contributed by atoms with E-state index in [4.69, 9.17) is 15.6 Å². The molecule has 0 aliphatic heterocycles. The normalized spacial score (nSPS) is 11.3. The second-order valence-electron chi connectivity index (χ2n) is 3.77. The highest BCUT2D eigenvalue weighted by Gasteiger charge is 2.07. The first-order valence-corrected chi connectivity index (χ1v) is 5.48. The molecule has 0 spiro atoms. The van der Waals surface area contributed by atoms with Crippen LogP contribution in [0.2, 0.25) is 0 Å². The van der Waals surface area contributed by atoms with Crippen LogP contribution < -0.4 is 10.5 Å². The molecule has 4 heteroatoms. The summed E-state index contributed by atoms with van der Waals surface area (Å²) in [6, 6.07) is 5.22. The molecule has 1 rings (SSSR count). The molecule has 0 bridgehead atoms. The van der Waals surface area contributed by atoms with Gasteiger partial charge < -0.3 is 15.6 Å². The molecule has 17 heavy (non-hydrogen) atoms. The molecule has 0 saturated carbocycles. The van der Waals surface area contributed by atoms with Crippen LogP contribution in [-0.2, 0) is 4.79 Å². The van der Waals surface area contributed by atoms with Crippen molar-refractivity contribution >= 4 is 17.2 Å². The Kier molecular flexibility index (Phi) is 4.57. The molecule has 4 nitrogen and oxygen atoms in total. The summed E-state index contributed by atoms with van der Waals surface area (Å²) < 4.78 is 5.55. The Labute approximate surface area is 101 Å². The maximum Gasteiger partial charge on any atom is 0.328 e. The van der Waals surface area contributed by atoms with Crippen molar-refractivity contribution in [1.29, 1.82) is 0 Å². The van der Waals surface area contributed by atoms with E-state index in [2.05, 4.69) is 0 Å². The fraction of sp³-hybridized carbons (Fsp3) is 0.308. The Morgan fingerprint density at radius 3 is 2.82 bits per heavy atom. The average molecular weight is 235 g/mol. The van der Waals surface area contributed by atoms with E-state index in [0.717, 1.165) is 18.1 Å². The zero-order chi connectivity index (χ0) is 12.8. The first-order valence-electron chi connectivity index (χ1n) is 5.48. The number of rotatable bonds is 5. The number of benzene rings is 1. The standard InChI is InChI=1S/C13H17NO3/c1-3-6-17-12-5-4-10(14)8-11(12)9(2)7-13(15)16/h4-5,7-8H,3,6,14H2,1-2H3,(H,15,16). The van der Waals surface area contributed by atoms with Crippen LogP contribution in [0, 0.1) is 0 Å². The van der Waals surface area contributed by atoms with Crippen LogP contribution in [0.4, 0.5) is 5.69 Å². The van der Waals surface area contributed by atoms with Crippen LogP contribution in [0.15, 0.2) is 24.3 Å². The maximum absolute atomic E-state index is 10.6. The van der Waals surface area contributed by atoms with Crippen LogP contribution in [-0.4, -0.2) is 17.7 Å². The summed E-state index contributed by atoms with van der Waals surface area (Å²) in [4.78, 5) is 10.6. The molecule has 0 radical (unpaired) electrons. The minimum absolute atomic E-state index is 0.585. The van der Waals surface area contributed by atoms with Crippen LogP contribution in [0.25, 0.3) is 5.57 Å². The lowest BCUT2D eigenvalue weighted by Gasteiger charge is -2.11. The number of carboxylic acids is 1. The summed E-state index contributed by atoms with van der Waals surface area (Å²) in [6.07, 6.45) is 2.04. The monoisotopic (exact) mass is 235 g/mol. The second kappa shape index (κ2) is 5.94. The molecule has 92 valence electrons. The minimum atomic E-state index is -0.980.